The van der Waals surface area contributed by atoms with Gasteiger partial charge in [-0.1, -0.05) is 6.07 Å². The molecule has 0 heterocycles. The first kappa shape index (κ1) is 14.7. The van der Waals surface area contributed by atoms with Crippen LogP contribution in [0.4, 0.5) is 0 Å². The highest BCUT2D eigenvalue weighted by Gasteiger charge is 2.16. The van der Waals surface area contributed by atoms with Crippen molar-refractivity contribution < 1.29 is 9.53 Å². The van der Waals surface area contributed by atoms with Gasteiger partial charge >= 0.3 is 5.97 Å². The number of nitrogens with two attached hydrogens (primary N) is 1. The van der Waals surface area contributed by atoms with Gasteiger partial charge in [0.05, 0.1) is 7.11 Å². The van der Waals surface area contributed by atoms with Gasteiger partial charge in [-0.2, -0.15) is 0 Å². The number of carbonyl (C=O) groups is 1. The summed E-state index contributed by atoms with van der Waals surface area (Å²) in [5.74, 6) is -0.204. The van der Waals surface area contributed by atoms with Crippen LogP contribution in [0.25, 0.3) is 0 Å². The summed E-state index contributed by atoms with van der Waals surface area (Å²) in [5.41, 5.74) is 12.4. The molecule has 2 N–H and O–H groups in total. The Bertz CT molecular complexity index is 426. The summed E-state index contributed by atoms with van der Waals surface area (Å²) in [6.45, 7) is 8.38. The second-order valence-corrected chi connectivity index (χ2v) is 4.90. The van der Waals surface area contributed by atoms with Gasteiger partial charge < -0.3 is 10.5 Å². The molecule has 0 aliphatic heterocycles. The van der Waals surface area contributed by atoms with Gasteiger partial charge in [0, 0.05) is 12.5 Å². The van der Waals surface area contributed by atoms with Crippen molar-refractivity contribution >= 4 is 5.97 Å². The summed E-state index contributed by atoms with van der Waals surface area (Å²) in [4.78, 5) is 11.2. The molecule has 3 heteroatoms. The molecule has 0 aromatic heterocycles. The first-order valence-electron chi connectivity index (χ1n) is 6.28. The molecule has 3 nitrogen and oxygen atoms in total. The van der Waals surface area contributed by atoms with Crippen LogP contribution in [0.15, 0.2) is 6.07 Å². The summed E-state index contributed by atoms with van der Waals surface area (Å²) >= 11 is 0. The van der Waals surface area contributed by atoms with Crippen LogP contribution in [-0.4, -0.2) is 13.1 Å². The normalized spacial score (nSPS) is 12.3. The molecule has 0 radical (unpaired) electrons. The molecule has 1 aromatic rings. The fourth-order valence-corrected chi connectivity index (χ4v) is 2.32. The monoisotopic (exact) mass is 249 g/mol. The van der Waals surface area contributed by atoms with E-state index in [1.54, 1.807) is 0 Å². The minimum atomic E-state index is -0.204. The third-order valence-corrected chi connectivity index (χ3v) is 3.68. The lowest BCUT2D eigenvalue weighted by Crippen LogP contribution is -2.16. The van der Waals surface area contributed by atoms with Crippen molar-refractivity contribution in [1.82, 2.24) is 0 Å². The fourth-order valence-electron chi connectivity index (χ4n) is 2.32. The summed E-state index contributed by atoms with van der Waals surface area (Å²) in [7, 11) is 1.40. The minimum Gasteiger partial charge on any atom is -0.469 e. The highest BCUT2D eigenvalue weighted by molar-refractivity contribution is 5.69. The van der Waals surface area contributed by atoms with Gasteiger partial charge in [-0.15, -0.1) is 0 Å². The molecule has 1 unspecified atom stereocenters. The Balaban J connectivity index is 2.98. The molecule has 1 aromatic carbocycles. The highest BCUT2D eigenvalue weighted by Crippen LogP contribution is 2.28. The van der Waals surface area contributed by atoms with E-state index in [1.807, 2.05) is 0 Å². The summed E-state index contributed by atoms with van der Waals surface area (Å²) < 4.78 is 4.65. The Morgan fingerprint density at radius 3 is 2.17 bits per heavy atom. The molecular weight excluding hydrogens is 226 g/mol. The Kier molecular flexibility index (Phi) is 4.91. The molecule has 0 amide bonds. The first-order chi connectivity index (χ1) is 8.38. The lowest BCUT2D eigenvalue weighted by molar-refractivity contribution is -0.140. The van der Waals surface area contributed by atoms with E-state index < -0.39 is 0 Å². The quantitative estimate of drug-likeness (QED) is 0.835. The van der Waals surface area contributed by atoms with Gasteiger partial charge in [0.1, 0.15) is 0 Å². The molecule has 0 saturated heterocycles. The lowest BCUT2D eigenvalue weighted by Gasteiger charge is -2.20. The van der Waals surface area contributed by atoms with Crippen LogP contribution in [0.2, 0.25) is 0 Å². The molecule has 1 atom stereocenters. The van der Waals surface area contributed by atoms with Crippen LogP contribution in [0.5, 0.6) is 0 Å². The van der Waals surface area contributed by atoms with Gasteiger partial charge in [-0.05, 0) is 61.9 Å². The molecule has 18 heavy (non-hydrogen) atoms. The maximum Gasteiger partial charge on any atom is 0.305 e. The number of carbonyl (C=O) groups excluding carboxylic acids is 1. The van der Waals surface area contributed by atoms with E-state index in [4.69, 9.17) is 5.73 Å². The van der Waals surface area contributed by atoms with Crippen molar-refractivity contribution in [2.45, 2.75) is 46.6 Å². The van der Waals surface area contributed by atoms with Crippen LogP contribution < -0.4 is 5.73 Å². The number of esters is 1. The topological polar surface area (TPSA) is 52.3 Å². The van der Waals surface area contributed by atoms with Crippen molar-refractivity contribution in [3.63, 3.8) is 0 Å². The maximum atomic E-state index is 11.2. The molecule has 1 rings (SSSR count). The van der Waals surface area contributed by atoms with Crippen LogP contribution in [0.3, 0.4) is 0 Å². The maximum absolute atomic E-state index is 11.2. The molecule has 0 bridgehead atoms. The zero-order valence-electron chi connectivity index (χ0n) is 12.0. The summed E-state index contributed by atoms with van der Waals surface area (Å²) in [6.07, 6.45) is 0.987. The zero-order chi connectivity index (χ0) is 13.9. The highest BCUT2D eigenvalue weighted by atomic mass is 16.5. The molecule has 0 fully saturated rings. The van der Waals surface area contributed by atoms with Gasteiger partial charge in [-0.25, -0.2) is 0 Å². The van der Waals surface area contributed by atoms with E-state index in [-0.39, 0.29) is 12.0 Å². The first-order valence-corrected chi connectivity index (χ1v) is 6.28. The molecule has 0 aliphatic carbocycles. The number of hydrogen-bond acceptors (Lipinski definition) is 3. The largest absolute Gasteiger partial charge is 0.469 e. The van der Waals surface area contributed by atoms with E-state index in [9.17, 15) is 4.79 Å². The van der Waals surface area contributed by atoms with Crippen LogP contribution in [0, 0.1) is 27.7 Å². The smallest absolute Gasteiger partial charge is 0.305 e. The predicted octanol–water partition coefficient (Wildman–Crippen LogP) is 2.87. The van der Waals surface area contributed by atoms with Crippen LogP contribution in [-0.2, 0) is 9.53 Å². The Morgan fingerprint density at radius 2 is 1.72 bits per heavy atom. The van der Waals surface area contributed by atoms with Gasteiger partial charge in [0.25, 0.3) is 0 Å². The van der Waals surface area contributed by atoms with Gasteiger partial charge in [-0.3, -0.25) is 4.79 Å². The lowest BCUT2D eigenvalue weighted by atomic mass is 9.88. The van der Waals surface area contributed by atoms with E-state index in [0.29, 0.717) is 12.8 Å². The van der Waals surface area contributed by atoms with Crippen LogP contribution >= 0.6 is 0 Å². The summed E-state index contributed by atoms with van der Waals surface area (Å²) in [6, 6.07) is 2.07. The Morgan fingerprint density at radius 1 is 1.22 bits per heavy atom. The van der Waals surface area contributed by atoms with Gasteiger partial charge in [0.2, 0.25) is 0 Å². The number of benzene rings is 1. The van der Waals surface area contributed by atoms with Crippen molar-refractivity contribution in [1.29, 1.82) is 0 Å². The van der Waals surface area contributed by atoms with E-state index in [0.717, 1.165) is 0 Å². The second-order valence-electron chi connectivity index (χ2n) is 4.90. The number of hydrogen-bond donors (Lipinski definition) is 1. The van der Waals surface area contributed by atoms with Crippen molar-refractivity contribution in [3.05, 3.63) is 33.9 Å². The zero-order valence-corrected chi connectivity index (χ0v) is 12.0. The molecular formula is C15H23NO2. The van der Waals surface area contributed by atoms with E-state index >= 15 is 0 Å². The average molecular weight is 249 g/mol. The summed E-state index contributed by atoms with van der Waals surface area (Å²) in [5, 5.41) is 0. The molecule has 0 spiro atoms. The van der Waals surface area contributed by atoms with Crippen molar-refractivity contribution in [3.8, 4) is 0 Å². The third-order valence-electron chi connectivity index (χ3n) is 3.68. The van der Waals surface area contributed by atoms with Crippen molar-refractivity contribution in [2.24, 2.45) is 5.73 Å². The van der Waals surface area contributed by atoms with Crippen LogP contribution in [0.1, 0.15) is 46.7 Å². The minimum absolute atomic E-state index is 0.109. The average Bonchev–Trinajstić information content (AvgIpc) is 2.33. The van der Waals surface area contributed by atoms with Crippen molar-refractivity contribution in [2.75, 3.05) is 7.11 Å². The second kappa shape index (κ2) is 6.01. The Hall–Kier alpha value is -1.35. The Labute approximate surface area is 109 Å². The molecule has 0 aliphatic rings. The van der Waals surface area contributed by atoms with E-state index in [1.165, 1.54) is 34.9 Å². The number of aryl methyl sites for hydroxylation is 2. The third kappa shape index (κ3) is 3.10. The molecule has 100 valence electrons. The van der Waals surface area contributed by atoms with Gasteiger partial charge in [0.15, 0.2) is 0 Å². The number of rotatable bonds is 4. The van der Waals surface area contributed by atoms with E-state index in [2.05, 4.69) is 38.5 Å². The molecule has 0 saturated carbocycles. The SMILES string of the molecule is COC(=O)CCC(N)c1c(C)c(C)cc(C)c1C. The fraction of sp³-hybridized carbons (Fsp3) is 0.533. The standard InChI is InChI=1S/C15H23NO2/c1-9-8-10(2)12(4)15(11(9)3)13(16)6-7-14(17)18-5/h8,13H,6-7,16H2,1-5H3. The number of methoxy groups -OCH3 is 1. The number of ether oxygens (including phenoxy) is 1. The predicted molar refractivity (Wildman–Crippen MR) is 73.6 cm³/mol.